The van der Waals surface area contributed by atoms with Crippen molar-refractivity contribution in [1.29, 1.82) is 0 Å². The van der Waals surface area contributed by atoms with Gasteiger partial charge in [-0.25, -0.2) is 9.59 Å². The molecule has 0 radical (unpaired) electrons. The summed E-state index contributed by atoms with van der Waals surface area (Å²) >= 11 is 2.29. The van der Waals surface area contributed by atoms with Gasteiger partial charge in [-0.15, -0.1) is 0 Å². The summed E-state index contributed by atoms with van der Waals surface area (Å²) in [5, 5.41) is 2.86. The maximum Gasteiger partial charge on any atom is 0.331 e. The molecule has 0 unspecified atom stereocenters. The molecule has 8 heteroatoms. The van der Waals surface area contributed by atoms with Crippen molar-refractivity contribution in [2.75, 3.05) is 31.1 Å². The number of anilines is 1. The van der Waals surface area contributed by atoms with Gasteiger partial charge in [-0.1, -0.05) is 0 Å². The van der Waals surface area contributed by atoms with Crippen molar-refractivity contribution in [2.24, 2.45) is 0 Å². The van der Waals surface area contributed by atoms with Crippen LogP contribution in [0.5, 0.6) is 0 Å². The predicted molar refractivity (Wildman–Crippen MR) is 131 cm³/mol. The van der Waals surface area contributed by atoms with Crippen LogP contribution in [-0.2, 0) is 14.3 Å². The molecule has 2 amide bonds. The summed E-state index contributed by atoms with van der Waals surface area (Å²) in [5.41, 5.74) is 0.0452. The second kappa shape index (κ2) is 10.4. The van der Waals surface area contributed by atoms with Crippen LogP contribution in [0.1, 0.15) is 48.5 Å². The number of hydrogen-bond donors (Lipinski definition) is 1. The fraction of sp³-hybridized carbons (Fsp3) is 0.652. The van der Waals surface area contributed by atoms with Gasteiger partial charge in [-0.3, -0.25) is 0 Å². The minimum atomic E-state index is -0.889. The monoisotopic (exact) mass is 545 g/mol. The SMILES string of the molecule is C[C@@H](OC(C)(C)C)[C@H](NC(=O)N1CCN(c2ccc(I)cc2)CC1)C(=O)OC(C)(C)C. The summed E-state index contributed by atoms with van der Waals surface area (Å²) < 4.78 is 12.7. The average Bonchev–Trinajstić information content (AvgIpc) is 2.63. The third-order valence-corrected chi connectivity index (χ3v) is 5.43. The van der Waals surface area contributed by atoms with Crippen LogP contribution >= 0.6 is 22.6 Å². The molecule has 1 aliphatic heterocycles. The molecule has 1 fully saturated rings. The van der Waals surface area contributed by atoms with Crippen molar-refractivity contribution < 1.29 is 19.1 Å². The molecule has 0 aliphatic carbocycles. The topological polar surface area (TPSA) is 71.1 Å². The number of urea groups is 1. The predicted octanol–water partition coefficient (Wildman–Crippen LogP) is 4.04. The lowest BCUT2D eigenvalue weighted by Crippen LogP contribution is -2.58. The standard InChI is InChI=1S/C23H36IN3O4/c1-16(30-22(2,3)4)19(20(28)31-23(5,6)7)25-21(29)27-14-12-26(13-15-27)18-10-8-17(24)9-11-18/h8-11,16,19H,12-15H2,1-7H3,(H,25,29)/t16-,19+/m1/s1. The minimum absolute atomic E-state index is 0.275. The lowest BCUT2D eigenvalue weighted by Gasteiger charge is -2.37. The van der Waals surface area contributed by atoms with E-state index in [-0.39, 0.29) is 6.03 Å². The molecule has 0 aromatic heterocycles. The lowest BCUT2D eigenvalue weighted by atomic mass is 10.1. The Labute approximate surface area is 200 Å². The molecule has 174 valence electrons. The lowest BCUT2D eigenvalue weighted by molar-refractivity contribution is -0.164. The van der Waals surface area contributed by atoms with Crippen molar-refractivity contribution in [3.8, 4) is 0 Å². The number of benzene rings is 1. The van der Waals surface area contributed by atoms with Gasteiger partial charge in [0.15, 0.2) is 6.04 Å². The molecule has 1 heterocycles. The van der Waals surface area contributed by atoms with E-state index >= 15 is 0 Å². The van der Waals surface area contributed by atoms with Gasteiger partial charge < -0.3 is 24.6 Å². The Morgan fingerprint density at radius 1 is 0.968 bits per heavy atom. The number of hydrogen-bond acceptors (Lipinski definition) is 5. The van der Waals surface area contributed by atoms with Crippen LogP contribution in [0, 0.1) is 3.57 Å². The van der Waals surface area contributed by atoms with Crippen molar-refractivity contribution in [1.82, 2.24) is 10.2 Å². The first kappa shape index (κ1) is 25.7. The summed E-state index contributed by atoms with van der Waals surface area (Å²) in [6, 6.07) is 7.19. The molecule has 1 aromatic rings. The number of amides is 2. The van der Waals surface area contributed by atoms with E-state index in [1.807, 2.05) is 41.5 Å². The third kappa shape index (κ3) is 8.48. The molecule has 1 saturated heterocycles. The van der Waals surface area contributed by atoms with Gasteiger partial charge in [0.1, 0.15) is 5.60 Å². The molecule has 1 N–H and O–H groups in total. The normalized spacial score (nSPS) is 17.2. The van der Waals surface area contributed by atoms with E-state index < -0.39 is 29.3 Å². The van der Waals surface area contributed by atoms with Gasteiger partial charge >= 0.3 is 12.0 Å². The molecular weight excluding hydrogens is 509 g/mol. The summed E-state index contributed by atoms with van der Waals surface area (Å²) in [6.45, 7) is 15.6. The van der Waals surface area contributed by atoms with Gasteiger partial charge in [0.05, 0.1) is 11.7 Å². The van der Waals surface area contributed by atoms with Crippen LogP contribution in [0.15, 0.2) is 24.3 Å². The highest BCUT2D eigenvalue weighted by Gasteiger charge is 2.35. The fourth-order valence-electron chi connectivity index (χ4n) is 3.40. The molecule has 2 atom stereocenters. The number of nitrogens with zero attached hydrogens (tertiary/aromatic N) is 2. The maximum absolute atomic E-state index is 13.0. The Hall–Kier alpha value is -1.55. The van der Waals surface area contributed by atoms with Gasteiger partial charge in [0, 0.05) is 35.4 Å². The molecule has 0 bridgehead atoms. The zero-order chi connectivity index (χ0) is 23.4. The van der Waals surface area contributed by atoms with Crippen molar-refractivity contribution in [3.05, 3.63) is 27.8 Å². The smallest absolute Gasteiger partial charge is 0.331 e. The molecule has 1 aliphatic rings. The number of halogens is 1. The largest absolute Gasteiger partial charge is 0.458 e. The molecule has 2 rings (SSSR count). The first-order chi connectivity index (χ1) is 14.2. The molecule has 0 saturated carbocycles. The fourth-order valence-corrected chi connectivity index (χ4v) is 3.76. The summed E-state index contributed by atoms with van der Waals surface area (Å²) in [5.74, 6) is -0.491. The van der Waals surface area contributed by atoms with Gasteiger partial charge in [-0.05, 0) is 95.3 Å². The number of esters is 1. The first-order valence-electron chi connectivity index (χ1n) is 10.7. The Balaban J connectivity index is 2.02. The molecule has 7 nitrogen and oxygen atoms in total. The highest BCUT2D eigenvalue weighted by atomic mass is 127. The average molecular weight is 545 g/mol. The minimum Gasteiger partial charge on any atom is -0.458 e. The Morgan fingerprint density at radius 2 is 1.52 bits per heavy atom. The van der Waals surface area contributed by atoms with E-state index in [4.69, 9.17) is 9.47 Å². The van der Waals surface area contributed by atoms with Crippen molar-refractivity contribution in [3.63, 3.8) is 0 Å². The van der Waals surface area contributed by atoms with Crippen LogP contribution in [0.4, 0.5) is 10.5 Å². The Kier molecular flexibility index (Phi) is 8.61. The summed E-state index contributed by atoms with van der Waals surface area (Å²) in [4.78, 5) is 29.8. The van der Waals surface area contributed by atoms with Crippen LogP contribution < -0.4 is 10.2 Å². The second-order valence-electron chi connectivity index (χ2n) is 9.85. The Morgan fingerprint density at radius 3 is 2.00 bits per heavy atom. The number of carbonyl (C=O) groups excluding carboxylic acids is 2. The van der Waals surface area contributed by atoms with E-state index in [1.54, 1.807) is 11.8 Å². The number of carbonyl (C=O) groups is 2. The van der Waals surface area contributed by atoms with Crippen LogP contribution in [0.25, 0.3) is 0 Å². The van der Waals surface area contributed by atoms with E-state index in [1.165, 1.54) is 3.57 Å². The zero-order valence-electron chi connectivity index (χ0n) is 19.7. The Bertz CT molecular complexity index is 748. The van der Waals surface area contributed by atoms with E-state index in [0.29, 0.717) is 13.1 Å². The number of ether oxygens (including phenoxy) is 2. The third-order valence-electron chi connectivity index (χ3n) is 4.71. The van der Waals surface area contributed by atoms with Gasteiger partial charge in [0.25, 0.3) is 0 Å². The molecule has 1 aromatic carbocycles. The quantitative estimate of drug-likeness (QED) is 0.447. The van der Waals surface area contributed by atoms with Crippen LogP contribution in [-0.4, -0.2) is 66.4 Å². The molecular formula is C23H36IN3O4. The van der Waals surface area contributed by atoms with Crippen LogP contribution in [0.3, 0.4) is 0 Å². The number of nitrogens with one attached hydrogen (secondary N) is 1. The van der Waals surface area contributed by atoms with Crippen LogP contribution in [0.2, 0.25) is 0 Å². The number of rotatable bonds is 5. The highest BCUT2D eigenvalue weighted by molar-refractivity contribution is 14.1. The van der Waals surface area contributed by atoms with Crippen molar-refractivity contribution in [2.45, 2.75) is 71.8 Å². The summed E-state index contributed by atoms with van der Waals surface area (Å²) in [7, 11) is 0. The van der Waals surface area contributed by atoms with Gasteiger partial charge in [-0.2, -0.15) is 0 Å². The second-order valence-corrected chi connectivity index (χ2v) is 11.1. The maximum atomic E-state index is 13.0. The van der Waals surface area contributed by atoms with E-state index in [2.05, 4.69) is 57.1 Å². The summed E-state index contributed by atoms with van der Waals surface area (Å²) in [6.07, 6.45) is -0.535. The first-order valence-corrected chi connectivity index (χ1v) is 11.8. The number of piperazine rings is 1. The highest BCUT2D eigenvalue weighted by Crippen LogP contribution is 2.19. The van der Waals surface area contributed by atoms with Gasteiger partial charge in [0.2, 0.25) is 0 Å². The molecule has 0 spiro atoms. The zero-order valence-corrected chi connectivity index (χ0v) is 21.9. The van der Waals surface area contributed by atoms with E-state index in [9.17, 15) is 9.59 Å². The van der Waals surface area contributed by atoms with E-state index in [0.717, 1.165) is 18.8 Å². The van der Waals surface area contributed by atoms with Crippen molar-refractivity contribution >= 4 is 40.3 Å². The molecule has 31 heavy (non-hydrogen) atoms.